The van der Waals surface area contributed by atoms with E-state index in [1.54, 1.807) is 0 Å². The Labute approximate surface area is 186 Å². The summed E-state index contributed by atoms with van der Waals surface area (Å²) >= 11 is 0. The average Bonchev–Trinajstić information content (AvgIpc) is 3.21. The first kappa shape index (κ1) is 23.1. The topological polar surface area (TPSA) is 61.4 Å². The van der Waals surface area contributed by atoms with Crippen molar-refractivity contribution in [1.29, 1.82) is 0 Å². The van der Waals surface area contributed by atoms with Crippen LogP contribution in [-0.2, 0) is 9.59 Å². The SMILES string of the molecule is Cc1ccccc1[C@@H]1[C@H]2CNC[C@H]2CN1C(=O)CCC(=O)NC1CCCCCC1.Cl. The molecule has 1 aromatic carbocycles. The fourth-order valence-electron chi connectivity index (χ4n) is 5.58. The van der Waals surface area contributed by atoms with Crippen molar-refractivity contribution in [2.45, 2.75) is 70.4 Å². The van der Waals surface area contributed by atoms with Crippen molar-refractivity contribution in [2.75, 3.05) is 19.6 Å². The van der Waals surface area contributed by atoms with Gasteiger partial charge in [0.05, 0.1) is 6.04 Å². The van der Waals surface area contributed by atoms with Crippen LogP contribution in [0.2, 0.25) is 0 Å². The Morgan fingerprint density at radius 3 is 2.53 bits per heavy atom. The molecule has 4 rings (SSSR count). The lowest BCUT2D eigenvalue weighted by Crippen LogP contribution is -2.37. The molecule has 0 radical (unpaired) electrons. The molecule has 5 nitrogen and oxygen atoms in total. The molecule has 0 aromatic heterocycles. The van der Waals surface area contributed by atoms with Crippen LogP contribution in [-0.4, -0.2) is 42.4 Å². The van der Waals surface area contributed by atoms with E-state index in [1.165, 1.54) is 36.8 Å². The van der Waals surface area contributed by atoms with Crippen LogP contribution >= 0.6 is 12.4 Å². The minimum atomic E-state index is 0. The number of amides is 2. The van der Waals surface area contributed by atoms with Crippen molar-refractivity contribution in [3.8, 4) is 0 Å². The molecule has 3 atom stereocenters. The highest BCUT2D eigenvalue weighted by Gasteiger charge is 2.46. The van der Waals surface area contributed by atoms with Crippen molar-refractivity contribution < 1.29 is 9.59 Å². The van der Waals surface area contributed by atoms with E-state index >= 15 is 0 Å². The number of halogens is 1. The van der Waals surface area contributed by atoms with Crippen LogP contribution in [0.15, 0.2) is 24.3 Å². The number of benzene rings is 1. The summed E-state index contributed by atoms with van der Waals surface area (Å²) in [5, 5.41) is 6.68. The minimum Gasteiger partial charge on any atom is -0.353 e. The van der Waals surface area contributed by atoms with Crippen LogP contribution in [0, 0.1) is 18.8 Å². The molecular weight excluding hydrogens is 398 g/mol. The van der Waals surface area contributed by atoms with Crippen LogP contribution < -0.4 is 10.6 Å². The molecule has 3 aliphatic rings. The molecule has 1 saturated carbocycles. The number of hydrogen-bond acceptors (Lipinski definition) is 3. The van der Waals surface area contributed by atoms with Gasteiger partial charge in [-0.25, -0.2) is 0 Å². The molecule has 2 N–H and O–H groups in total. The molecule has 2 heterocycles. The Hall–Kier alpha value is -1.59. The highest BCUT2D eigenvalue weighted by atomic mass is 35.5. The normalized spacial score (nSPS) is 26.6. The number of nitrogens with zero attached hydrogens (tertiary/aromatic N) is 1. The molecule has 2 saturated heterocycles. The van der Waals surface area contributed by atoms with Crippen molar-refractivity contribution >= 4 is 24.2 Å². The van der Waals surface area contributed by atoms with Gasteiger partial charge in [0.2, 0.25) is 11.8 Å². The predicted molar refractivity (Wildman–Crippen MR) is 122 cm³/mol. The quantitative estimate of drug-likeness (QED) is 0.695. The van der Waals surface area contributed by atoms with Gasteiger partial charge in [-0.1, -0.05) is 49.9 Å². The summed E-state index contributed by atoms with van der Waals surface area (Å²) in [6.07, 6.45) is 7.73. The van der Waals surface area contributed by atoms with Gasteiger partial charge in [0.15, 0.2) is 0 Å². The second-order valence-corrected chi connectivity index (χ2v) is 9.19. The van der Waals surface area contributed by atoms with E-state index in [2.05, 4.69) is 46.7 Å². The van der Waals surface area contributed by atoms with Gasteiger partial charge in [0, 0.05) is 44.4 Å². The summed E-state index contributed by atoms with van der Waals surface area (Å²) in [5.74, 6) is 1.16. The van der Waals surface area contributed by atoms with Gasteiger partial charge in [-0.05, 0) is 36.8 Å². The zero-order valence-corrected chi connectivity index (χ0v) is 18.9. The van der Waals surface area contributed by atoms with E-state index in [9.17, 15) is 9.59 Å². The first-order chi connectivity index (χ1) is 14.1. The molecule has 0 bridgehead atoms. The molecule has 166 valence electrons. The maximum absolute atomic E-state index is 13.1. The van der Waals surface area contributed by atoms with E-state index < -0.39 is 0 Å². The third-order valence-electron chi connectivity index (χ3n) is 7.18. The third kappa shape index (κ3) is 5.17. The molecular formula is C24H36ClN3O2. The number of fused-ring (bicyclic) bond motifs is 1. The van der Waals surface area contributed by atoms with Crippen LogP contribution in [0.5, 0.6) is 0 Å². The van der Waals surface area contributed by atoms with Gasteiger partial charge < -0.3 is 15.5 Å². The largest absolute Gasteiger partial charge is 0.353 e. The maximum Gasteiger partial charge on any atom is 0.223 e. The lowest BCUT2D eigenvalue weighted by molar-refractivity contribution is -0.135. The van der Waals surface area contributed by atoms with Crippen LogP contribution in [0.1, 0.15) is 68.5 Å². The minimum absolute atomic E-state index is 0. The van der Waals surface area contributed by atoms with E-state index in [-0.39, 0.29) is 30.3 Å². The Bertz CT molecular complexity index is 733. The van der Waals surface area contributed by atoms with Gasteiger partial charge in [-0.2, -0.15) is 0 Å². The van der Waals surface area contributed by atoms with E-state index in [0.29, 0.717) is 30.7 Å². The van der Waals surface area contributed by atoms with E-state index in [1.807, 2.05) is 0 Å². The number of nitrogens with one attached hydrogen (secondary N) is 2. The number of hydrogen-bond donors (Lipinski definition) is 2. The Morgan fingerprint density at radius 2 is 1.80 bits per heavy atom. The number of carbonyl (C=O) groups is 2. The predicted octanol–water partition coefficient (Wildman–Crippen LogP) is 3.75. The van der Waals surface area contributed by atoms with E-state index in [0.717, 1.165) is 32.5 Å². The molecule has 3 fully saturated rings. The van der Waals surface area contributed by atoms with Gasteiger partial charge in [0.1, 0.15) is 0 Å². The molecule has 2 amide bonds. The first-order valence-electron chi connectivity index (χ1n) is 11.5. The summed E-state index contributed by atoms with van der Waals surface area (Å²) < 4.78 is 0. The van der Waals surface area contributed by atoms with Crippen molar-refractivity contribution in [3.05, 3.63) is 35.4 Å². The molecule has 0 unspecified atom stereocenters. The standard InChI is InChI=1S/C24H35N3O2.ClH/c1-17-8-6-7-11-20(17)24-21-15-25-14-18(21)16-27(24)23(29)13-12-22(28)26-19-9-4-2-3-5-10-19;/h6-8,11,18-19,21,24-25H,2-5,9-10,12-16H2,1H3,(H,26,28);1H/t18-,21-,24+;/m0./s1. The fourth-order valence-corrected chi connectivity index (χ4v) is 5.58. The van der Waals surface area contributed by atoms with Crippen molar-refractivity contribution in [2.24, 2.45) is 11.8 Å². The Kier molecular flexibility index (Phi) is 8.18. The molecule has 30 heavy (non-hydrogen) atoms. The second-order valence-electron chi connectivity index (χ2n) is 9.19. The summed E-state index contributed by atoms with van der Waals surface area (Å²) in [5.41, 5.74) is 2.51. The van der Waals surface area contributed by atoms with E-state index in [4.69, 9.17) is 0 Å². The zero-order chi connectivity index (χ0) is 20.2. The highest BCUT2D eigenvalue weighted by Crippen LogP contribution is 2.43. The summed E-state index contributed by atoms with van der Waals surface area (Å²) in [7, 11) is 0. The molecule has 6 heteroatoms. The average molecular weight is 434 g/mol. The van der Waals surface area contributed by atoms with Gasteiger partial charge in [-0.15, -0.1) is 12.4 Å². The molecule has 1 aliphatic carbocycles. The van der Waals surface area contributed by atoms with Crippen LogP contribution in [0.3, 0.4) is 0 Å². The Morgan fingerprint density at radius 1 is 1.07 bits per heavy atom. The number of aryl methyl sites for hydroxylation is 1. The third-order valence-corrected chi connectivity index (χ3v) is 7.18. The monoisotopic (exact) mass is 433 g/mol. The Balaban J connectivity index is 0.00000256. The smallest absolute Gasteiger partial charge is 0.223 e. The lowest BCUT2D eigenvalue weighted by Gasteiger charge is -2.29. The summed E-state index contributed by atoms with van der Waals surface area (Å²) in [4.78, 5) is 27.7. The van der Waals surface area contributed by atoms with Crippen molar-refractivity contribution in [3.63, 3.8) is 0 Å². The van der Waals surface area contributed by atoms with Gasteiger partial charge in [-0.3, -0.25) is 9.59 Å². The summed E-state index contributed by atoms with van der Waals surface area (Å²) in [6, 6.07) is 8.86. The number of rotatable bonds is 5. The van der Waals surface area contributed by atoms with Crippen LogP contribution in [0.25, 0.3) is 0 Å². The summed E-state index contributed by atoms with van der Waals surface area (Å²) in [6.45, 7) is 4.89. The highest BCUT2D eigenvalue weighted by molar-refractivity contribution is 5.85. The molecule has 1 aromatic rings. The number of likely N-dealkylation sites (tertiary alicyclic amines) is 1. The van der Waals surface area contributed by atoms with Gasteiger partial charge in [0.25, 0.3) is 0 Å². The number of carbonyl (C=O) groups excluding carboxylic acids is 2. The lowest BCUT2D eigenvalue weighted by atomic mass is 9.87. The van der Waals surface area contributed by atoms with Crippen LogP contribution in [0.4, 0.5) is 0 Å². The fraction of sp³-hybridized carbons (Fsp3) is 0.667. The first-order valence-corrected chi connectivity index (χ1v) is 11.5. The van der Waals surface area contributed by atoms with Crippen molar-refractivity contribution in [1.82, 2.24) is 15.5 Å². The zero-order valence-electron chi connectivity index (χ0n) is 18.1. The second kappa shape index (κ2) is 10.6. The molecule has 0 spiro atoms. The molecule has 2 aliphatic heterocycles. The van der Waals surface area contributed by atoms with Gasteiger partial charge >= 0.3 is 0 Å². The maximum atomic E-state index is 13.1.